The molecular weight excluding hydrogens is 374 g/mol. The molecule has 0 saturated carbocycles. The highest BCUT2D eigenvalue weighted by Gasteiger charge is 2.26. The maximum Gasteiger partial charge on any atom is 0.188 e. The Bertz CT molecular complexity index is 628. The van der Waals surface area contributed by atoms with Crippen molar-refractivity contribution >= 4 is 33.2 Å². The Morgan fingerprint density at radius 1 is 1.35 bits per heavy atom. The van der Waals surface area contributed by atoms with Crippen LogP contribution in [-0.4, -0.2) is 24.2 Å². The van der Waals surface area contributed by atoms with Crippen LogP contribution in [0.15, 0.2) is 51.2 Å². The molecule has 1 atom stereocenters. The number of aliphatic hydroxyl groups is 1. The first-order valence-electron chi connectivity index (χ1n) is 7.58. The van der Waals surface area contributed by atoms with Crippen molar-refractivity contribution in [2.24, 2.45) is 10.7 Å². The van der Waals surface area contributed by atoms with Crippen molar-refractivity contribution in [2.75, 3.05) is 13.1 Å². The molecule has 0 radical (unpaired) electrons. The fourth-order valence-electron chi connectivity index (χ4n) is 2.21. The summed E-state index contributed by atoms with van der Waals surface area (Å²) in [6, 6.07) is 11.8. The first-order valence-corrected chi connectivity index (χ1v) is 9.25. The van der Waals surface area contributed by atoms with Gasteiger partial charge in [-0.25, -0.2) is 0 Å². The lowest BCUT2D eigenvalue weighted by molar-refractivity contribution is 0.0423. The van der Waals surface area contributed by atoms with Gasteiger partial charge < -0.3 is 16.2 Å². The number of guanidine groups is 1. The molecule has 2 aromatic rings. The van der Waals surface area contributed by atoms with Crippen LogP contribution in [0.5, 0.6) is 0 Å². The third-order valence-electron chi connectivity index (χ3n) is 3.74. The fourth-order valence-corrected chi connectivity index (χ4v) is 3.18. The van der Waals surface area contributed by atoms with E-state index in [2.05, 4.69) is 37.7 Å². The average Bonchev–Trinajstić information content (AvgIpc) is 3.06. The van der Waals surface area contributed by atoms with E-state index in [9.17, 15) is 5.11 Å². The molecule has 1 heterocycles. The smallest absolute Gasteiger partial charge is 0.188 e. The maximum atomic E-state index is 10.8. The molecule has 2 rings (SSSR count). The number of nitrogens with one attached hydrogen (secondary N) is 1. The summed E-state index contributed by atoms with van der Waals surface area (Å²) in [4.78, 5) is 5.62. The van der Waals surface area contributed by atoms with E-state index in [4.69, 9.17) is 5.73 Å². The van der Waals surface area contributed by atoms with Gasteiger partial charge >= 0.3 is 0 Å². The average molecular weight is 396 g/mol. The van der Waals surface area contributed by atoms with Crippen LogP contribution in [0, 0.1) is 0 Å². The number of rotatable bonds is 7. The van der Waals surface area contributed by atoms with Gasteiger partial charge in [-0.1, -0.05) is 41.1 Å². The summed E-state index contributed by atoms with van der Waals surface area (Å²) >= 11 is 5.13. The standard InChI is InChI=1S/C17H22BrN3OS/c1-2-17(22,13-5-7-14(18)8-6-13)12-21-16(19)20-10-9-15-4-3-11-23-15/h3-8,11,22H,2,9-10,12H2,1H3,(H3,19,20,21). The zero-order valence-corrected chi connectivity index (χ0v) is 15.5. The first kappa shape index (κ1) is 18.0. The van der Waals surface area contributed by atoms with Gasteiger partial charge in [0.05, 0.1) is 6.54 Å². The van der Waals surface area contributed by atoms with Crippen LogP contribution in [0.4, 0.5) is 0 Å². The SMILES string of the molecule is CCC(O)(CN=C(N)NCCc1cccs1)c1ccc(Br)cc1. The van der Waals surface area contributed by atoms with E-state index in [1.54, 1.807) is 11.3 Å². The summed E-state index contributed by atoms with van der Waals surface area (Å²) in [5.74, 6) is 0.366. The molecule has 0 aliphatic heterocycles. The van der Waals surface area contributed by atoms with Crippen molar-refractivity contribution in [1.82, 2.24) is 5.32 Å². The molecule has 0 aliphatic carbocycles. The topological polar surface area (TPSA) is 70.6 Å². The molecule has 1 unspecified atom stereocenters. The largest absolute Gasteiger partial charge is 0.383 e. The van der Waals surface area contributed by atoms with Crippen molar-refractivity contribution in [3.63, 3.8) is 0 Å². The Kier molecular flexibility index (Phi) is 6.62. The van der Waals surface area contributed by atoms with Gasteiger partial charge in [-0.15, -0.1) is 11.3 Å². The van der Waals surface area contributed by atoms with E-state index in [0.29, 0.717) is 12.4 Å². The summed E-state index contributed by atoms with van der Waals surface area (Å²) in [7, 11) is 0. The molecule has 4 nitrogen and oxygen atoms in total. The number of halogens is 1. The third-order valence-corrected chi connectivity index (χ3v) is 5.20. The van der Waals surface area contributed by atoms with Crippen molar-refractivity contribution in [3.8, 4) is 0 Å². The molecule has 6 heteroatoms. The molecule has 0 saturated heterocycles. The molecule has 0 spiro atoms. The predicted molar refractivity (Wildman–Crippen MR) is 101 cm³/mol. The Morgan fingerprint density at radius 2 is 2.09 bits per heavy atom. The van der Waals surface area contributed by atoms with Crippen LogP contribution < -0.4 is 11.1 Å². The van der Waals surface area contributed by atoms with E-state index in [1.165, 1.54) is 4.88 Å². The summed E-state index contributed by atoms with van der Waals surface area (Å²) in [5, 5.41) is 16.0. The second-order valence-electron chi connectivity index (χ2n) is 5.35. The molecule has 23 heavy (non-hydrogen) atoms. The quantitative estimate of drug-likeness (QED) is 0.497. The van der Waals surface area contributed by atoms with Crippen molar-refractivity contribution in [3.05, 3.63) is 56.7 Å². The number of nitrogens with two attached hydrogens (primary N) is 1. The van der Waals surface area contributed by atoms with Crippen molar-refractivity contribution < 1.29 is 5.11 Å². The minimum atomic E-state index is -0.999. The fraction of sp³-hybridized carbons (Fsp3) is 0.353. The number of hydrogen-bond acceptors (Lipinski definition) is 3. The molecule has 1 aromatic heterocycles. The van der Waals surface area contributed by atoms with Crippen molar-refractivity contribution in [1.29, 1.82) is 0 Å². The van der Waals surface area contributed by atoms with Gasteiger partial charge in [-0.05, 0) is 42.0 Å². The summed E-state index contributed by atoms with van der Waals surface area (Å²) in [5.41, 5.74) is 5.75. The predicted octanol–water partition coefficient (Wildman–Crippen LogP) is 3.26. The lowest BCUT2D eigenvalue weighted by Crippen LogP contribution is -2.36. The van der Waals surface area contributed by atoms with Crippen LogP contribution in [-0.2, 0) is 12.0 Å². The van der Waals surface area contributed by atoms with Crippen molar-refractivity contribution in [2.45, 2.75) is 25.4 Å². The molecule has 0 amide bonds. The zero-order chi connectivity index (χ0) is 16.7. The molecule has 4 N–H and O–H groups in total. The van der Waals surface area contributed by atoms with Gasteiger partial charge in [-0.2, -0.15) is 0 Å². The summed E-state index contributed by atoms with van der Waals surface area (Å²) in [6.07, 6.45) is 1.49. The van der Waals surface area contributed by atoms with Gasteiger partial charge in [0.15, 0.2) is 5.96 Å². The van der Waals surface area contributed by atoms with Crippen LogP contribution in [0.2, 0.25) is 0 Å². The highest BCUT2D eigenvalue weighted by Crippen LogP contribution is 2.26. The van der Waals surface area contributed by atoms with E-state index in [1.807, 2.05) is 37.3 Å². The second-order valence-corrected chi connectivity index (χ2v) is 7.30. The van der Waals surface area contributed by atoms with E-state index in [-0.39, 0.29) is 6.54 Å². The lowest BCUT2D eigenvalue weighted by atomic mass is 9.91. The zero-order valence-electron chi connectivity index (χ0n) is 13.1. The molecule has 0 aliphatic rings. The van der Waals surface area contributed by atoms with Gasteiger partial charge in [0.25, 0.3) is 0 Å². The van der Waals surface area contributed by atoms with E-state index >= 15 is 0 Å². The lowest BCUT2D eigenvalue weighted by Gasteiger charge is -2.25. The summed E-state index contributed by atoms with van der Waals surface area (Å²) < 4.78 is 0.984. The first-order chi connectivity index (χ1) is 11.0. The van der Waals surface area contributed by atoms with Gasteiger partial charge in [0.2, 0.25) is 0 Å². The Balaban J connectivity index is 1.90. The minimum Gasteiger partial charge on any atom is -0.383 e. The molecule has 0 bridgehead atoms. The number of thiophene rings is 1. The third kappa shape index (κ3) is 5.34. The Labute approximate surface area is 149 Å². The van der Waals surface area contributed by atoms with Gasteiger partial charge in [0, 0.05) is 15.9 Å². The number of nitrogens with zero attached hydrogens (tertiary/aromatic N) is 1. The van der Waals surface area contributed by atoms with Crippen LogP contribution in [0.3, 0.4) is 0 Å². The number of benzene rings is 1. The number of aliphatic imine (C=N–C) groups is 1. The molecule has 124 valence electrons. The van der Waals surface area contributed by atoms with Crippen LogP contribution >= 0.6 is 27.3 Å². The Hall–Kier alpha value is -1.37. The molecule has 1 aromatic carbocycles. The molecular formula is C17H22BrN3OS. The highest BCUT2D eigenvalue weighted by atomic mass is 79.9. The monoisotopic (exact) mass is 395 g/mol. The molecule has 0 fully saturated rings. The maximum absolute atomic E-state index is 10.8. The van der Waals surface area contributed by atoms with Gasteiger partial charge in [-0.3, -0.25) is 4.99 Å². The Morgan fingerprint density at radius 3 is 2.70 bits per heavy atom. The second kappa shape index (κ2) is 8.47. The number of hydrogen-bond donors (Lipinski definition) is 3. The van der Waals surface area contributed by atoms with Crippen LogP contribution in [0.25, 0.3) is 0 Å². The van der Waals surface area contributed by atoms with E-state index < -0.39 is 5.60 Å². The minimum absolute atomic E-state index is 0.239. The van der Waals surface area contributed by atoms with Crippen LogP contribution in [0.1, 0.15) is 23.8 Å². The summed E-state index contributed by atoms with van der Waals surface area (Å²) in [6.45, 7) is 2.92. The van der Waals surface area contributed by atoms with E-state index in [0.717, 1.165) is 23.0 Å². The normalized spacial score (nSPS) is 14.5. The van der Waals surface area contributed by atoms with Gasteiger partial charge in [0.1, 0.15) is 5.60 Å². The highest BCUT2D eigenvalue weighted by molar-refractivity contribution is 9.10.